The number of aromatic nitrogens is 1. The molecule has 0 bridgehead atoms. The first-order chi connectivity index (χ1) is 16.8. The van der Waals surface area contributed by atoms with E-state index in [4.69, 9.17) is 4.79 Å². The largest absolute Gasteiger partial charge is 0.372 e. The maximum Gasteiger partial charge on any atom is 0.255 e. The fourth-order valence-electron chi connectivity index (χ4n) is 3.06. The summed E-state index contributed by atoms with van der Waals surface area (Å²) in [6.45, 7) is 13.2. The van der Waals surface area contributed by atoms with E-state index in [-0.39, 0.29) is 18.1 Å². The molecule has 1 heterocycles. The highest BCUT2D eigenvalue weighted by Crippen LogP contribution is 2.26. The van der Waals surface area contributed by atoms with Crippen LogP contribution in [0.2, 0.25) is 0 Å². The average molecular weight is 471 g/mol. The molecule has 0 radical (unpaired) electrons. The first-order valence-electron chi connectivity index (χ1n) is 10.5. The van der Waals surface area contributed by atoms with Gasteiger partial charge in [0.1, 0.15) is 5.82 Å². The van der Waals surface area contributed by atoms with E-state index < -0.39 is 0 Å². The molecule has 4 N–H and O–H groups in total. The minimum absolute atomic E-state index is 0.250. The van der Waals surface area contributed by atoms with Gasteiger partial charge in [-0.2, -0.15) is 0 Å². The third-order valence-corrected chi connectivity index (χ3v) is 4.82. The molecule has 7 heteroatoms. The molecule has 0 atom stereocenters. The predicted octanol–water partition coefficient (Wildman–Crippen LogP) is 5.62. The van der Waals surface area contributed by atoms with Crippen LogP contribution in [0.15, 0.2) is 104 Å². The Morgan fingerprint density at radius 3 is 2.31 bits per heavy atom. The number of nitrogens with zero attached hydrogens (tertiary/aromatic N) is 1. The van der Waals surface area contributed by atoms with Crippen molar-refractivity contribution in [2.24, 2.45) is 5.73 Å². The zero-order chi connectivity index (χ0) is 25.8. The lowest BCUT2D eigenvalue weighted by atomic mass is 10.1. The van der Waals surface area contributed by atoms with Crippen molar-refractivity contribution in [3.05, 3.63) is 121 Å². The normalized spacial score (nSPS) is 10.3. The lowest BCUT2D eigenvalue weighted by Gasteiger charge is -2.14. The molecule has 2 aromatic carbocycles. The summed E-state index contributed by atoms with van der Waals surface area (Å²) < 4.78 is 14.0. The zero-order valence-electron chi connectivity index (χ0n) is 19.4. The quantitative estimate of drug-likeness (QED) is 0.226. The van der Waals surface area contributed by atoms with Crippen LogP contribution in [0.5, 0.6) is 0 Å². The van der Waals surface area contributed by atoms with Gasteiger partial charge in [-0.1, -0.05) is 62.2 Å². The number of halogens is 1. The van der Waals surface area contributed by atoms with Crippen LogP contribution >= 0.6 is 0 Å². The van der Waals surface area contributed by atoms with E-state index in [1.165, 1.54) is 18.2 Å². The number of nitrogens with two attached hydrogens (primary N) is 1. The van der Waals surface area contributed by atoms with Crippen molar-refractivity contribution in [2.45, 2.75) is 6.92 Å². The molecule has 0 saturated heterocycles. The van der Waals surface area contributed by atoms with E-state index >= 15 is 0 Å². The molecule has 0 fully saturated rings. The number of benzene rings is 2. The Kier molecular flexibility index (Phi) is 9.87. The summed E-state index contributed by atoms with van der Waals surface area (Å²) in [6.07, 6.45) is 6.52. The van der Waals surface area contributed by atoms with E-state index in [1.54, 1.807) is 42.6 Å². The number of hydrogen-bond acceptors (Lipinski definition) is 4. The number of nitrogens with one attached hydrogen (secondary N) is 2. The molecule has 35 heavy (non-hydrogen) atoms. The lowest BCUT2D eigenvalue weighted by molar-refractivity contribution is -0.112. The minimum Gasteiger partial charge on any atom is -0.372 e. The summed E-state index contributed by atoms with van der Waals surface area (Å²) in [5, 5.41) is 6.06. The SMILES string of the molecule is C=C/C=C(\C=C)C(=O)Nc1ccc(C(=C)Nc2cnc(-c3ccccc3F)cc2C)cc1.NC=O. The molecule has 0 saturated carbocycles. The number of aryl methyl sites for hydroxylation is 1. The highest BCUT2D eigenvalue weighted by molar-refractivity contribution is 6.05. The number of carbonyl (C=O) groups excluding carboxylic acids is 2. The Bertz CT molecular complexity index is 1260. The standard InChI is InChI=1S/C27H24FN3O.CH3NO/c1-5-9-20(6-2)27(32)31-22-14-12-21(13-15-22)19(4)30-26-17-29-25(16-18(26)3)23-10-7-8-11-24(23)28;2-1-3/h5-17,30H,1-2,4H2,3H3,(H,31,32);1H,(H2,2,3)/b20-9+;. The van der Waals surface area contributed by atoms with Crippen LogP contribution in [0.4, 0.5) is 15.8 Å². The predicted molar refractivity (Wildman–Crippen MR) is 141 cm³/mol. The fourth-order valence-corrected chi connectivity index (χ4v) is 3.06. The third kappa shape index (κ3) is 7.36. The van der Waals surface area contributed by atoms with Gasteiger partial charge < -0.3 is 16.4 Å². The molecule has 178 valence electrons. The molecule has 0 aliphatic heterocycles. The van der Waals surface area contributed by atoms with Crippen LogP contribution in [0.1, 0.15) is 11.1 Å². The van der Waals surface area contributed by atoms with E-state index in [2.05, 4.69) is 41.1 Å². The Labute approximate surface area is 204 Å². The monoisotopic (exact) mass is 470 g/mol. The Morgan fingerprint density at radius 1 is 1.09 bits per heavy atom. The van der Waals surface area contributed by atoms with Crippen molar-refractivity contribution in [1.29, 1.82) is 0 Å². The van der Waals surface area contributed by atoms with Crippen LogP contribution in [0.3, 0.4) is 0 Å². The molecule has 3 aromatic rings. The molecular weight excluding hydrogens is 443 g/mol. The number of rotatable bonds is 8. The molecule has 6 nitrogen and oxygen atoms in total. The number of pyridine rings is 1. The van der Waals surface area contributed by atoms with Crippen molar-refractivity contribution in [3.8, 4) is 11.3 Å². The molecule has 0 aliphatic carbocycles. The van der Waals surface area contributed by atoms with Crippen molar-refractivity contribution in [2.75, 3.05) is 10.6 Å². The molecule has 0 unspecified atom stereocenters. The smallest absolute Gasteiger partial charge is 0.255 e. The van der Waals surface area contributed by atoms with Gasteiger partial charge >= 0.3 is 0 Å². The van der Waals surface area contributed by atoms with Gasteiger partial charge in [0.15, 0.2) is 0 Å². The second-order valence-corrected chi connectivity index (χ2v) is 7.20. The fraction of sp³-hybridized carbons (Fsp3) is 0.0357. The van der Waals surface area contributed by atoms with E-state index in [1.807, 2.05) is 25.1 Å². The summed E-state index contributed by atoms with van der Waals surface area (Å²) in [4.78, 5) is 25.2. The van der Waals surface area contributed by atoms with E-state index in [0.29, 0.717) is 28.2 Å². The number of carbonyl (C=O) groups is 2. The first-order valence-corrected chi connectivity index (χ1v) is 10.5. The van der Waals surface area contributed by atoms with Gasteiger partial charge in [0.25, 0.3) is 5.91 Å². The molecular formula is C28H27FN4O2. The highest BCUT2D eigenvalue weighted by Gasteiger charge is 2.10. The summed E-state index contributed by atoms with van der Waals surface area (Å²) in [7, 11) is 0. The number of primary amides is 1. The Hall–Kier alpha value is -4.78. The van der Waals surface area contributed by atoms with Gasteiger partial charge in [-0.05, 0) is 48.4 Å². The highest BCUT2D eigenvalue weighted by atomic mass is 19.1. The van der Waals surface area contributed by atoms with Crippen LogP contribution in [0, 0.1) is 12.7 Å². The molecule has 3 rings (SSSR count). The maximum atomic E-state index is 14.0. The van der Waals surface area contributed by atoms with Crippen LogP contribution in [-0.2, 0) is 9.59 Å². The zero-order valence-corrected chi connectivity index (χ0v) is 19.4. The second-order valence-electron chi connectivity index (χ2n) is 7.20. The van der Waals surface area contributed by atoms with Gasteiger partial charge in [-0.25, -0.2) is 4.39 Å². The summed E-state index contributed by atoms with van der Waals surface area (Å²) >= 11 is 0. The van der Waals surface area contributed by atoms with Crippen molar-refractivity contribution in [3.63, 3.8) is 0 Å². The van der Waals surface area contributed by atoms with Gasteiger partial charge in [-0.3, -0.25) is 14.6 Å². The Balaban J connectivity index is 0.00000137. The number of allylic oxidation sites excluding steroid dienone is 2. The van der Waals surface area contributed by atoms with Crippen molar-refractivity contribution in [1.82, 2.24) is 4.98 Å². The van der Waals surface area contributed by atoms with Gasteiger partial charge in [0, 0.05) is 22.5 Å². The van der Waals surface area contributed by atoms with Crippen LogP contribution in [-0.4, -0.2) is 17.3 Å². The van der Waals surface area contributed by atoms with Gasteiger partial charge in [0.2, 0.25) is 6.41 Å². The number of anilines is 2. The van der Waals surface area contributed by atoms with Gasteiger partial charge in [0.05, 0.1) is 17.6 Å². The molecule has 0 aliphatic rings. The van der Waals surface area contributed by atoms with Crippen molar-refractivity contribution >= 4 is 29.4 Å². The maximum absolute atomic E-state index is 14.0. The molecule has 0 spiro atoms. The molecule has 1 aromatic heterocycles. The average Bonchev–Trinajstić information content (AvgIpc) is 2.85. The topological polar surface area (TPSA) is 97.1 Å². The first kappa shape index (κ1) is 26.5. The van der Waals surface area contributed by atoms with E-state index in [9.17, 15) is 9.18 Å². The second kappa shape index (κ2) is 13.1. The van der Waals surface area contributed by atoms with Crippen molar-refractivity contribution < 1.29 is 14.0 Å². The minimum atomic E-state index is -0.308. The number of hydrogen-bond donors (Lipinski definition) is 3. The van der Waals surface area contributed by atoms with Gasteiger partial charge in [-0.15, -0.1) is 0 Å². The van der Waals surface area contributed by atoms with E-state index in [0.717, 1.165) is 16.8 Å². The Morgan fingerprint density at radius 2 is 1.74 bits per heavy atom. The molecule has 2 amide bonds. The lowest BCUT2D eigenvalue weighted by Crippen LogP contribution is -2.13. The third-order valence-electron chi connectivity index (χ3n) is 4.82. The van der Waals surface area contributed by atoms with Crippen LogP contribution in [0.25, 0.3) is 17.0 Å². The summed E-state index contributed by atoms with van der Waals surface area (Å²) in [5.41, 5.74) is 9.48. The van der Waals surface area contributed by atoms with Crippen LogP contribution < -0.4 is 16.4 Å². The summed E-state index contributed by atoms with van der Waals surface area (Å²) in [5.74, 6) is -0.571. The summed E-state index contributed by atoms with van der Waals surface area (Å²) in [6, 6.07) is 15.7. The number of amides is 2.